The van der Waals surface area contributed by atoms with Crippen LogP contribution in [0.25, 0.3) is 0 Å². The zero-order valence-electron chi connectivity index (χ0n) is 14.7. The van der Waals surface area contributed by atoms with Crippen molar-refractivity contribution in [2.75, 3.05) is 19.6 Å². The fourth-order valence-electron chi connectivity index (χ4n) is 2.83. The van der Waals surface area contributed by atoms with E-state index in [0.717, 1.165) is 12.1 Å². The number of aryl methyl sites for hydroxylation is 1. The molecule has 1 aromatic carbocycles. The zero-order chi connectivity index (χ0) is 16.8. The summed E-state index contributed by atoms with van der Waals surface area (Å²) in [5.74, 6) is -0.193. The van der Waals surface area contributed by atoms with Gasteiger partial charge in [-0.15, -0.1) is 12.4 Å². The van der Waals surface area contributed by atoms with Gasteiger partial charge in [0.25, 0.3) is 0 Å². The molecule has 2 amide bonds. The number of nitrogens with one attached hydrogen (secondary N) is 2. The Morgan fingerprint density at radius 2 is 2.00 bits per heavy atom. The SMILES string of the molecule is CCN[C@H](C)CNC(=O)C1CC(=O)N(Cc2ccc(C)cc2)C1.Cl. The topological polar surface area (TPSA) is 61.4 Å². The molecule has 0 bridgehead atoms. The molecule has 5 nitrogen and oxygen atoms in total. The van der Waals surface area contributed by atoms with Gasteiger partial charge in [0.1, 0.15) is 0 Å². The maximum Gasteiger partial charge on any atom is 0.225 e. The van der Waals surface area contributed by atoms with Crippen LogP contribution in [0.3, 0.4) is 0 Å². The maximum atomic E-state index is 12.2. The first-order valence-electron chi connectivity index (χ1n) is 8.34. The van der Waals surface area contributed by atoms with Crippen molar-refractivity contribution in [1.29, 1.82) is 0 Å². The number of carbonyl (C=O) groups excluding carboxylic acids is 2. The number of nitrogens with zero attached hydrogens (tertiary/aromatic N) is 1. The van der Waals surface area contributed by atoms with Crippen molar-refractivity contribution in [3.63, 3.8) is 0 Å². The van der Waals surface area contributed by atoms with Crippen molar-refractivity contribution in [1.82, 2.24) is 15.5 Å². The number of benzene rings is 1. The lowest BCUT2D eigenvalue weighted by Gasteiger charge is -2.18. The molecule has 0 aliphatic carbocycles. The number of hydrogen-bond acceptors (Lipinski definition) is 3. The van der Waals surface area contributed by atoms with Crippen LogP contribution >= 0.6 is 12.4 Å². The fraction of sp³-hybridized carbons (Fsp3) is 0.556. The van der Waals surface area contributed by atoms with Crippen LogP contribution in [0.2, 0.25) is 0 Å². The average molecular weight is 354 g/mol. The second kappa shape index (κ2) is 9.64. The van der Waals surface area contributed by atoms with Crippen LogP contribution in [0.15, 0.2) is 24.3 Å². The molecule has 1 aliphatic rings. The van der Waals surface area contributed by atoms with Crippen molar-refractivity contribution >= 4 is 24.2 Å². The van der Waals surface area contributed by atoms with E-state index in [4.69, 9.17) is 0 Å². The third-order valence-corrected chi connectivity index (χ3v) is 4.21. The van der Waals surface area contributed by atoms with E-state index in [1.165, 1.54) is 5.56 Å². The Morgan fingerprint density at radius 3 is 2.62 bits per heavy atom. The smallest absolute Gasteiger partial charge is 0.225 e. The summed E-state index contributed by atoms with van der Waals surface area (Å²) in [4.78, 5) is 26.1. The molecule has 6 heteroatoms. The molecule has 0 spiro atoms. The highest BCUT2D eigenvalue weighted by Crippen LogP contribution is 2.20. The molecule has 2 N–H and O–H groups in total. The quantitative estimate of drug-likeness (QED) is 0.786. The van der Waals surface area contributed by atoms with Gasteiger partial charge in [0.15, 0.2) is 0 Å². The lowest BCUT2D eigenvalue weighted by molar-refractivity contribution is -0.129. The average Bonchev–Trinajstić information content (AvgIpc) is 2.88. The number of rotatable bonds is 7. The highest BCUT2D eigenvalue weighted by Gasteiger charge is 2.34. The molecule has 1 unspecified atom stereocenters. The predicted octanol–water partition coefficient (Wildman–Crippen LogP) is 1.88. The number of likely N-dealkylation sites (tertiary alicyclic amines) is 1. The molecule has 1 saturated heterocycles. The number of halogens is 1. The van der Waals surface area contributed by atoms with Gasteiger partial charge in [0, 0.05) is 32.1 Å². The van der Waals surface area contributed by atoms with Crippen LogP contribution < -0.4 is 10.6 Å². The van der Waals surface area contributed by atoms with E-state index in [1.807, 2.05) is 45.0 Å². The summed E-state index contributed by atoms with van der Waals surface area (Å²) in [6, 6.07) is 8.40. The lowest BCUT2D eigenvalue weighted by atomic mass is 10.1. The minimum Gasteiger partial charge on any atom is -0.354 e. The van der Waals surface area contributed by atoms with E-state index in [1.54, 1.807) is 4.90 Å². The van der Waals surface area contributed by atoms with Gasteiger partial charge in [-0.05, 0) is 26.0 Å². The van der Waals surface area contributed by atoms with Gasteiger partial charge < -0.3 is 15.5 Å². The van der Waals surface area contributed by atoms with E-state index in [0.29, 0.717) is 26.1 Å². The Bertz CT molecular complexity index is 548. The highest BCUT2D eigenvalue weighted by atomic mass is 35.5. The van der Waals surface area contributed by atoms with Crippen molar-refractivity contribution < 1.29 is 9.59 Å². The summed E-state index contributed by atoms with van der Waals surface area (Å²) in [5, 5.41) is 6.20. The monoisotopic (exact) mass is 353 g/mol. The number of likely N-dealkylation sites (N-methyl/N-ethyl adjacent to an activating group) is 1. The summed E-state index contributed by atoms with van der Waals surface area (Å²) in [6.45, 7) is 8.67. The number of carbonyl (C=O) groups is 2. The molecule has 1 fully saturated rings. The molecule has 1 heterocycles. The van der Waals surface area contributed by atoms with Crippen LogP contribution in [0.4, 0.5) is 0 Å². The lowest BCUT2D eigenvalue weighted by Crippen LogP contribution is -2.41. The van der Waals surface area contributed by atoms with Gasteiger partial charge >= 0.3 is 0 Å². The molecule has 0 saturated carbocycles. The van der Waals surface area contributed by atoms with E-state index in [-0.39, 0.29) is 36.2 Å². The third kappa shape index (κ3) is 5.80. The molecule has 134 valence electrons. The van der Waals surface area contributed by atoms with Crippen molar-refractivity contribution in [2.24, 2.45) is 5.92 Å². The number of amides is 2. The molecule has 2 atom stereocenters. The molecule has 24 heavy (non-hydrogen) atoms. The normalized spacial score (nSPS) is 18.2. The Hall–Kier alpha value is -1.59. The van der Waals surface area contributed by atoms with Crippen LogP contribution in [0.5, 0.6) is 0 Å². The highest BCUT2D eigenvalue weighted by molar-refractivity contribution is 5.89. The van der Waals surface area contributed by atoms with Crippen LogP contribution in [-0.2, 0) is 16.1 Å². The van der Waals surface area contributed by atoms with Crippen molar-refractivity contribution in [3.05, 3.63) is 35.4 Å². The van der Waals surface area contributed by atoms with E-state index >= 15 is 0 Å². The molecule has 0 aromatic heterocycles. The van der Waals surface area contributed by atoms with Crippen molar-refractivity contribution in [2.45, 2.75) is 39.8 Å². The second-order valence-corrected chi connectivity index (χ2v) is 6.36. The summed E-state index contributed by atoms with van der Waals surface area (Å²) in [7, 11) is 0. The maximum absolute atomic E-state index is 12.2. The van der Waals surface area contributed by atoms with Gasteiger partial charge in [-0.25, -0.2) is 0 Å². The Balaban J connectivity index is 0.00000288. The van der Waals surface area contributed by atoms with Crippen molar-refractivity contribution in [3.8, 4) is 0 Å². The minimum absolute atomic E-state index is 0. The van der Waals surface area contributed by atoms with E-state index < -0.39 is 0 Å². The molecule has 2 rings (SSSR count). The predicted molar refractivity (Wildman–Crippen MR) is 98.1 cm³/mol. The minimum atomic E-state index is -0.234. The largest absolute Gasteiger partial charge is 0.354 e. The molecule has 1 aliphatic heterocycles. The Kier molecular flexibility index (Phi) is 8.22. The zero-order valence-corrected chi connectivity index (χ0v) is 15.5. The van der Waals surface area contributed by atoms with Crippen LogP contribution in [-0.4, -0.2) is 42.4 Å². The first kappa shape index (κ1) is 20.5. The van der Waals surface area contributed by atoms with Crippen LogP contribution in [0.1, 0.15) is 31.4 Å². The van der Waals surface area contributed by atoms with E-state index in [9.17, 15) is 9.59 Å². The van der Waals surface area contributed by atoms with Gasteiger partial charge in [0.05, 0.1) is 5.92 Å². The standard InChI is InChI=1S/C18H27N3O2.ClH/c1-4-19-14(3)10-20-18(23)16-9-17(22)21(12-16)11-15-7-5-13(2)6-8-15;/h5-8,14,16,19H,4,9-12H2,1-3H3,(H,20,23);1H/t14-,16?;/m1./s1. The van der Waals surface area contributed by atoms with Crippen LogP contribution in [0, 0.1) is 12.8 Å². The first-order chi connectivity index (χ1) is 11.0. The van der Waals surface area contributed by atoms with Gasteiger partial charge in [-0.3, -0.25) is 9.59 Å². The van der Waals surface area contributed by atoms with Gasteiger partial charge in [-0.1, -0.05) is 36.8 Å². The molecular formula is C18H28ClN3O2. The first-order valence-corrected chi connectivity index (χ1v) is 8.34. The Morgan fingerprint density at radius 1 is 1.33 bits per heavy atom. The fourth-order valence-corrected chi connectivity index (χ4v) is 2.83. The Labute approximate surface area is 150 Å². The molecular weight excluding hydrogens is 326 g/mol. The number of hydrogen-bond donors (Lipinski definition) is 2. The summed E-state index contributed by atoms with van der Waals surface area (Å²) in [5.41, 5.74) is 2.30. The second-order valence-electron chi connectivity index (χ2n) is 6.36. The van der Waals surface area contributed by atoms with Gasteiger partial charge in [-0.2, -0.15) is 0 Å². The summed E-state index contributed by atoms with van der Waals surface area (Å²) in [6.07, 6.45) is 0.313. The molecule has 0 radical (unpaired) electrons. The summed E-state index contributed by atoms with van der Waals surface area (Å²) < 4.78 is 0. The summed E-state index contributed by atoms with van der Waals surface area (Å²) >= 11 is 0. The third-order valence-electron chi connectivity index (χ3n) is 4.21. The molecule has 1 aromatic rings. The van der Waals surface area contributed by atoms with Gasteiger partial charge in [0.2, 0.25) is 11.8 Å². The van der Waals surface area contributed by atoms with E-state index in [2.05, 4.69) is 10.6 Å².